The van der Waals surface area contributed by atoms with Crippen molar-refractivity contribution in [3.8, 4) is 34.1 Å². The van der Waals surface area contributed by atoms with Gasteiger partial charge < -0.3 is 29.6 Å². The molecule has 0 atom stereocenters. The number of amides is 2. The van der Waals surface area contributed by atoms with Crippen LogP contribution in [0.4, 0.5) is 16.2 Å². The Hall–Kier alpha value is -4.24. The molecule has 0 aromatic heterocycles. The van der Waals surface area contributed by atoms with E-state index in [9.17, 15) is 9.59 Å². The fourth-order valence-electron chi connectivity index (χ4n) is 4.99. The second-order valence-electron chi connectivity index (χ2n) is 10.0. The van der Waals surface area contributed by atoms with Gasteiger partial charge in [-0.05, 0) is 75.2 Å². The van der Waals surface area contributed by atoms with Crippen molar-refractivity contribution >= 4 is 23.2 Å². The summed E-state index contributed by atoms with van der Waals surface area (Å²) in [6, 6.07) is 14.0. The van der Waals surface area contributed by atoms with Crippen LogP contribution in [-0.4, -0.2) is 64.3 Å². The molecule has 1 aliphatic heterocycles. The maximum atomic E-state index is 13.1. The number of ether oxygens (including phenoxy) is 4. The van der Waals surface area contributed by atoms with E-state index in [1.165, 1.54) is 40.4 Å². The highest BCUT2D eigenvalue weighted by molar-refractivity contribution is 6.01. The summed E-state index contributed by atoms with van der Waals surface area (Å²) >= 11 is 0. The van der Waals surface area contributed by atoms with Crippen molar-refractivity contribution in [3.05, 3.63) is 59.7 Å². The van der Waals surface area contributed by atoms with Crippen molar-refractivity contribution in [2.75, 3.05) is 58.2 Å². The van der Waals surface area contributed by atoms with Crippen molar-refractivity contribution < 1.29 is 28.5 Å². The summed E-state index contributed by atoms with van der Waals surface area (Å²) in [6.07, 6.45) is 3.80. The van der Waals surface area contributed by atoms with E-state index in [-0.39, 0.29) is 5.78 Å². The zero-order chi connectivity index (χ0) is 29.4. The SMILES string of the molecule is COc1cc(-c2cc(NC(=O)Nc3cc(OCCN4CCCCC4)ccc3C)cc(OC)c2OC)ccc1C(C)=O. The van der Waals surface area contributed by atoms with Gasteiger partial charge in [0.1, 0.15) is 18.1 Å². The maximum absolute atomic E-state index is 13.1. The minimum Gasteiger partial charge on any atom is -0.496 e. The van der Waals surface area contributed by atoms with Crippen molar-refractivity contribution in [3.63, 3.8) is 0 Å². The number of benzene rings is 3. The van der Waals surface area contributed by atoms with Gasteiger partial charge in [0.05, 0.1) is 26.9 Å². The van der Waals surface area contributed by atoms with E-state index in [1.807, 2.05) is 25.1 Å². The third-order valence-corrected chi connectivity index (χ3v) is 7.21. The van der Waals surface area contributed by atoms with E-state index >= 15 is 0 Å². The molecule has 0 aliphatic carbocycles. The Labute approximate surface area is 241 Å². The lowest BCUT2D eigenvalue weighted by atomic mass is 9.99. The molecule has 41 heavy (non-hydrogen) atoms. The summed E-state index contributed by atoms with van der Waals surface area (Å²) in [6.45, 7) is 7.16. The van der Waals surface area contributed by atoms with Crippen molar-refractivity contribution in [2.45, 2.75) is 33.1 Å². The van der Waals surface area contributed by atoms with Crippen LogP contribution in [-0.2, 0) is 0 Å². The summed E-state index contributed by atoms with van der Waals surface area (Å²) in [7, 11) is 4.60. The first-order valence-corrected chi connectivity index (χ1v) is 13.8. The highest BCUT2D eigenvalue weighted by Crippen LogP contribution is 2.42. The number of likely N-dealkylation sites (tertiary alicyclic amines) is 1. The van der Waals surface area contributed by atoms with Crippen LogP contribution in [0.25, 0.3) is 11.1 Å². The molecule has 1 aliphatic rings. The van der Waals surface area contributed by atoms with Gasteiger partial charge in [-0.1, -0.05) is 18.6 Å². The fraction of sp³-hybridized carbons (Fsp3) is 0.375. The van der Waals surface area contributed by atoms with Crippen LogP contribution in [0, 0.1) is 6.92 Å². The van der Waals surface area contributed by atoms with E-state index in [0.717, 1.165) is 30.8 Å². The van der Waals surface area contributed by atoms with Gasteiger partial charge in [0, 0.05) is 35.6 Å². The lowest BCUT2D eigenvalue weighted by Gasteiger charge is -2.26. The first kappa shape index (κ1) is 29.7. The van der Waals surface area contributed by atoms with Crippen molar-refractivity contribution in [1.82, 2.24) is 4.90 Å². The molecule has 218 valence electrons. The number of urea groups is 1. The second-order valence-corrected chi connectivity index (χ2v) is 10.0. The quantitative estimate of drug-likeness (QED) is 0.262. The van der Waals surface area contributed by atoms with Crippen LogP contribution < -0.4 is 29.6 Å². The van der Waals surface area contributed by atoms with Gasteiger partial charge in [0.15, 0.2) is 17.3 Å². The van der Waals surface area contributed by atoms with Crippen molar-refractivity contribution in [2.24, 2.45) is 0 Å². The van der Waals surface area contributed by atoms with Gasteiger partial charge in [-0.15, -0.1) is 0 Å². The van der Waals surface area contributed by atoms with Crippen molar-refractivity contribution in [1.29, 1.82) is 0 Å². The predicted molar refractivity (Wildman–Crippen MR) is 161 cm³/mol. The normalized spacial score (nSPS) is 13.3. The highest BCUT2D eigenvalue weighted by atomic mass is 16.5. The number of rotatable bonds is 11. The van der Waals surface area contributed by atoms with Crippen LogP contribution in [0.1, 0.15) is 42.1 Å². The number of aryl methyl sites for hydroxylation is 1. The van der Waals surface area contributed by atoms with Crippen LogP contribution in [0.5, 0.6) is 23.0 Å². The topological polar surface area (TPSA) is 98.4 Å². The molecule has 3 aromatic carbocycles. The molecule has 1 saturated heterocycles. The van der Waals surface area contributed by atoms with Gasteiger partial charge in [-0.3, -0.25) is 9.69 Å². The monoisotopic (exact) mass is 561 g/mol. The largest absolute Gasteiger partial charge is 0.496 e. The van der Waals surface area contributed by atoms with E-state index in [0.29, 0.717) is 52.1 Å². The summed E-state index contributed by atoms with van der Waals surface area (Å²) in [5.41, 5.74) is 3.94. The molecular weight excluding hydrogens is 522 g/mol. The van der Waals surface area contributed by atoms with Crippen LogP contribution in [0.15, 0.2) is 48.5 Å². The lowest BCUT2D eigenvalue weighted by Crippen LogP contribution is -2.33. The Balaban J connectivity index is 1.51. The van der Waals surface area contributed by atoms with E-state index in [2.05, 4.69) is 15.5 Å². The number of Topliss-reactive ketones (excluding diaryl/α,β-unsaturated/α-hetero) is 1. The summed E-state index contributed by atoms with van der Waals surface area (Å²) in [5, 5.41) is 5.83. The highest BCUT2D eigenvalue weighted by Gasteiger charge is 2.18. The third-order valence-electron chi connectivity index (χ3n) is 7.21. The van der Waals surface area contributed by atoms with E-state index in [1.54, 1.807) is 37.4 Å². The first-order valence-electron chi connectivity index (χ1n) is 13.8. The lowest BCUT2D eigenvalue weighted by molar-refractivity contribution is 0.101. The molecule has 9 nitrogen and oxygen atoms in total. The van der Waals surface area contributed by atoms with E-state index in [4.69, 9.17) is 18.9 Å². The average Bonchev–Trinajstić information content (AvgIpc) is 2.98. The van der Waals surface area contributed by atoms with Gasteiger partial charge in [0.25, 0.3) is 0 Å². The number of hydrogen-bond donors (Lipinski definition) is 2. The molecule has 1 fully saturated rings. The summed E-state index contributed by atoms with van der Waals surface area (Å²) in [4.78, 5) is 27.5. The molecule has 0 saturated carbocycles. The summed E-state index contributed by atoms with van der Waals surface area (Å²) < 4.78 is 22.7. The number of nitrogens with one attached hydrogen (secondary N) is 2. The Morgan fingerprint density at radius 2 is 1.61 bits per heavy atom. The van der Waals surface area contributed by atoms with Gasteiger partial charge in [-0.2, -0.15) is 0 Å². The number of carbonyl (C=O) groups is 2. The molecular formula is C32H39N3O6. The molecule has 0 bridgehead atoms. The summed E-state index contributed by atoms with van der Waals surface area (Å²) in [5.74, 6) is 1.98. The molecule has 9 heteroatoms. The number of hydrogen-bond acceptors (Lipinski definition) is 7. The number of piperidine rings is 1. The van der Waals surface area contributed by atoms with Crippen LogP contribution in [0.2, 0.25) is 0 Å². The van der Waals surface area contributed by atoms with Crippen LogP contribution in [0.3, 0.4) is 0 Å². The number of carbonyl (C=O) groups excluding carboxylic acids is 2. The second kappa shape index (κ2) is 13.9. The fourth-order valence-corrected chi connectivity index (χ4v) is 4.99. The molecule has 1 heterocycles. The van der Waals surface area contributed by atoms with Gasteiger partial charge in [0.2, 0.25) is 0 Å². The molecule has 2 N–H and O–H groups in total. The third kappa shape index (κ3) is 7.49. The van der Waals surface area contributed by atoms with Gasteiger partial charge in [-0.25, -0.2) is 4.79 Å². The number of methoxy groups -OCH3 is 3. The van der Waals surface area contributed by atoms with E-state index < -0.39 is 6.03 Å². The Bertz CT molecular complexity index is 1380. The Kier molecular flexibility index (Phi) is 10.1. The Morgan fingerprint density at radius 1 is 0.854 bits per heavy atom. The van der Waals surface area contributed by atoms with Crippen LogP contribution >= 0.6 is 0 Å². The standard InChI is InChI=1S/C32H39N3O6/c1-21-9-11-25(41-16-15-35-13-7-6-8-14-35)20-28(21)34-32(37)33-24-18-27(31(40-5)30(19-24)39-4)23-10-12-26(22(2)36)29(17-23)38-3/h9-12,17-20H,6-8,13-16H2,1-5H3,(H2,33,34,37). The maximum Gasteiger partial charge on any atom is 0.323 e. The molecule has 0 radical (unpaired) electrons. The molecule has 0 spiro atoms. The molecule has 3 aromatic rings. The number of ketones is 1. The average molecular weight is 562 g/mol. The predicted octanol–water partition coefficient (Wildman–Crippen LogP) is 6.40. The number of anilines is 2. The number of nitrogens with zero attached hydrogens (tertiary/aromatic N) is 1. The smallest absolute Gasteiger partial charge is 0.323 e. The first-order chi connectivity index (χ1) is 19.8. The minimum atomic E-state index is -0.416. The zero-order valence-corrected chi connectivity index (χ0v) is 24.5. The Morgan fingerprint density at radius 3 is 2.29 bits per heavy atom. The molecule has 2 amide bonds. The molecule has 4 rings (SSSR count). The van der Waals surface area contributed by atoms with Gasteiger partial charge >= 0.3 is 6.03 Å². The minimum absolute atomic E-state index is 0.100. The molecule has 0 unspecified atom stereocenters. The zero-order valence-electron chi connectivity index (χ0n) is 24.5.